The second-order valence-corrected chi connectivity index (χ2v) is 10.3. The van der Waals surface area contributed by atoms with E-state index in [2.05, 4.69) is 52.5 Å². The number of benzene rings is 1. The van der Waals surface area contributed by atoms with Crippen LogP contribution in [0.3, 0.4) is 0 Å². The van der Waals surface area contributed by atoms with Gasteiger partial charge in [0.25, 0.3) is 0 Å². The SMILES string of the molecule is C=C(C)[C@H](O)[C@H]1O[C@@H](Sc2cc(C(C)(C)C)ccc2C)[C@@H]2OC(C)(C)O[C@@H]21. The van der Waals surface area contributed by atoms with E-state index < -0.39 is 18.0 Å². The lowest BCUT2D eigenvalue weighted by molar-refractivity contribution is -0.185. The Kier molecular flexibility index (Phi) is 5.56. The molecule has 150 valence electrons. The Labute approximate surface area is 167 Å². The topological polar surface area (TPSA) is 47.9 Å². The van der Waals surface area contributed by atoms with Gasteiger partial charge < -0.3 is 19.3 Å². The van der Waals surface area contributed by atoms with Crippen LogP contribution in [0.5, 0.6) is 0 Å². The summed E-state index contributed by atoms with van der Waals surface area (Å²) in [4.78, 5) is 1.17. The van der Waals surface area contributed by atoms with Crippen molar-refractivity contribution in [3.8, 4) is 0 Å². The molecule has 0 saturated carbocycles. The van der Waals surface area contributed by atoms with Gasteiger partial charge in [-0.3, -0.25) is 0 Å². The number of thioether (sulfide) groups is 1. The van der Waals surface area contributed by atoms with Crippen LogP contribution in [-0.4, -0.2) is 40.7 Å². The highest BCUT2D eigenvalue weighted by Gasteiger charge is 2.57. The summed E-state index contributed by atoms with van der Waals surface area (Å²) in [5.74, 6) is -0.687. The number of rotatable bonds is 4. The minimum Gasteiger partial charge on any atom is -0.386 e. The first kappa shape index (κ1) is 20.9. The second kappa shape index (κ2) is 7.20. The molecule has 2 aliphatic heterocycles. The number of aliphatic hydroxyl groups excluding tert-OH is 1. The zero-order chi connectivity index (χ0) is 20.1. The van der Waals surface area contributed by atoms with Gasteiger partial charge in [-0.15, -0.1) is 0 Å². The van der Waals surface area contributed by atoms with Crippen LogP contribution in [0.25, 0.3) is 0 Å². The fourth-order valence-electron chi connectivity index (χ4n) is 3.54. The molecule has 0 radical (unpaired) electrons. The molecule has 5 atom stereocenters. The number of aliphatic hydroxyl groups is 1. The molecule has 0 aromatic heterocycles. The molecule has 2 aliphatic rings. The molecule has 2 saturated heterocycles. The summed E-state index contributed by atoms with van der Waals surface area (Å²) in [6.07, 6.45) is -1.79. The molecule has 0 spiro atoms. The first-order valence-corrected chi connectivity index (χ1v) is 10.4. The first-order chi connectivity index (χ1) is 12.4. The van der Waals surface area contributed by atoms with Gasteiger partial charge >= 0.3 is 0 Å². The number of fused-ring (bicyclic) bond motifs is 1. The largest absolute Gasteiger partial charge is 0.386 e. The van der Waals surface area contributed by atoms with Crippen molar-refractivity contribution in [2.24, 2.45) is 0 Å². The van der Waals surface area contributed by atoms with E-state index in [1.807, 2.05) is 13.8 Å². The fraction of sp³-hybridized carbons (Fsp3) is 0.636. The number of hydrogen-bond donors (Lipinski definition) is 1. The average molecular weight is 393 g/mol. The van der Waals surface area contributed by atoms with Crippen molar-refractivity contribution in [1.82, 2.24) is 0 Å². The zero-order valence-electron chi connectivity index (χ0n) is 17.4. The quantitative estimate of drug-likeness (QED) is 0.761. The molecule has 2 fully saturated rings. The second-order valence-electron chi connectivity index (χ2n) is 9.17. The van der Waals surface area contributed by atoms with Crippen LogP contribution in [0.1, 0.15) is 52.7 Å². The average Bonchev–Trinajstić information content (AvgIpc) is 3.01. The van der Waals surface area contributed by atoms with Gasteiger partial charge in [0.05, 0.1) is 0 Å². The molecule has 4 nitrogen and oxygen atoms in total. The van der Waals surface area contributed by atoms with E-state index in [1.54, 1.807) is 18.7 Å². The van der Waals surface area contributed by atoms with Crippen LogP contribution in [0, 0.1) is 6.92 Å². The van der Waals surface area contributed by atoms with Crippen molar-refractivity contribution in [3.63, 3.8) is 0 Å². The summed E-state index contributed by atoms with van der Waals surface area (Å²) in [6, 6.07) is 6.58. The smallest absolute Gasteiger partial charge is 0.164 e. The lowest BCUT2D eigenvalue weighted by Gasteiger charge is -2.27. The molecule has 5 heteroatoms. The standard InChI is InChI=1S/C22H32O4S/c1-12(2)16(23)17-18-19(26-22(7,8)25-18)20(24-17)27-15-11-14(21(4,5)6)10-9-13(15)3/h9-11,16-20,23H,1H2,2-8H3/t16-,17+,18+,19+,20-/m0/s1. The van der Waals surface area contributed by atoms with E-state index in [4.69, 9.17) is 14.2 Å². The van der Waals surface area contributed by atoms with Gasteiger partial charge in [-0.2, -0.15) is 0 Å². The number of ether oxygens (including phenoxy) is 3. The van der Waals surface area contributed by atoms with Crippen LogP contribution in [0.2, 0.25) is 0 Å². The molecule has 1 aromatic carbocycles. The Morgan fingerprint density at radius 2 is 1.85 bits per heavy atom. The molecule has 0 aliphatic carbocycles. The summed E-state index contributed by atoms with van der Waals surface area (Å²) in [6.45, 7) is 18.2. The van der Waals surface area contributed by atoms with Crippen LogP contribution in [0.15, 0.2) is 35.2 Å². The van der Waals surface area contributed by atoms with E-state index in [0.717, 1.165) is 0 Å². The monoisotopic (exact) mass is 392 g/mol. The Morgan fingerprint density at radius 3 is 2.44 bits per heavy atom. The normalized spacial score (nSPS) is 31.0. The minimum absolute atomic E-state index is 0.0791. The molecule has 0 bridgehead atoms. The van der Waals surface area contributed by atoms with Gasteiger partial charge in [0.15, 0.2) is 5.79 Å². The highest BCUT2D eigenvalue weighted by molar-refractivity contribution is 7.99. The van der Waals surface area contributed by atoms with E-state index >= 15 is 0 Å². The van der Waals surface area contributed by atoms with Crippen molar-refractivity contribution in [2.45, 2.75) is 94.4 Å². The van der Waals surface area contributed by atoms with Gasteiger partial charge in [-0.05, 0) is 55.9 Å². The third-order valence-corrected chi connectivity index (χ3v) is 6.47. The molecule has 2 heterocycles. The zero-order valence-corrected chi connectivity index (χ0v) is 18.2. The molecule has 3 rings (SSSR count). The Bertz CT molecular complexity index is 722. The Morgan fingerprint density at radius 1 is 1.22 bits per heavy atom. The van der Waals surface area contributed by atoms with E-state index in [9.17, 15) is 5.11 Å². The fourth-order valence-corrected chi connectivity index (χ4v) is 4.77. The van der Waals surface area contributed by atoms with Gasteiger partial charge in [0, 0.05) is 4.90 Å². The maximum atomic E-state index is 10.6. The van der Waals surface area contributed by atoms with Crippen LogP contribution < -0.4 is 0 Å². The number of aryl methyl sites for hydroxylation is 1. The van der Waals surface area contributed by atoms with Crippen molar-refractivity contribution >= 4 is 11.8 Å². The predicted molar refractivity (Wildman–Crippen MR) is 109 cm³/mol. The molecule has 0 amide bonds. The van der Waals surface area contributed by atoms with E-state index in [1.165, 1.54) is 16.0 Å². The maximum absolute atomic E-state index is 10.6. The van der Waals surface area contributed by atoms with Crippen molar-refractivity contribution in [1.29, 1.82) is 0 Å². The Balaban J connectivity index is 1.88. The van der Waals surface area contributed by atoms with E-state index in [-0.39, 0.29) is 23.1 Å². The first-order valence-electron chi connectivity index (χ1n) is 9.51. The molecular weight excluding hydrogens is 360 g/mol. The lowest BCUT2D eigenvalue weighted by Crippen LogP contribution is -2.39. The maximum Gasteiger partial charge on any atom is 0.164 e. The van der Waals surface area contributed by atoms with Crippen molar-refractivity contribution < 1.29 is 19.3 Å². The van der Waals surface area contributed by atoms with Crippen molar-refractivity contribution in [3.05, 3.63) is 41.5 Å². The summed E-state index contributed by atoms with van der Waals surface area (Å²) >= 11 is 1.65. The molecule has 1 aromatic rings. The summed E-state index contributed by atoms with van der Waals surface area (Å²) < 4.78 is 18.4. The van der Waals surface area contributed by atoms with Gasteiger partial charge in [-0.1, -0.05) is 51.2 Å². The summed E-state index contributed by atoms with van der Waals surface area (Å²) in [7, 11) is 0. The third-order valence-electron chi connectivity index (χ3n) is 5.16. The van der Waals surface area contributed by atoms with Crippen molar-refractivity contribution in [2.75, 3.05) is 0 Å². The Hall–Kier alpha value is -0.850. The molecular formula is C22H32O4S. The number of hydrogen-bond acceptors (Lipinski definition) is 5. The minimum atomic E-state index is -0.775. The van der Waals surface area contributed by atoms with Crippen LogP contribution in [0.4, 0.5) is 0 Å². The van der Waals surface area contributed by atoms with Crippen LogP contribution in [-0.2, 0) is 19.6 Å². The highest BCUT2D eigenvalue weighted by Crippen LogP contribution is 2.46. The molecule has 1 N–H and O–H groups in total. The van der Waals surface area contributed by atoms with Gasteiger partial charge in [0.2, 0.25) is 0 Å². The summed E-state index contributed by atoms with van der Waals surface area (Å²) in [5.41, 5.74) is 2.99. The lowest BCUT2D eigenvalue weighted by atomic mass is 9.87. The third kappa shape index (κ3) is 4.28. The van der Waals surface area contributed by atoms with Gasteiger partial charge in [0.1, 0.15) is 29.9 Å². The molecule has 27 heavy (non-hydrogen) atoms. The molecule has 0 unspecified atom stereocenters. The van der Waals surface area contributed by atoms with Crippen LogP contribution >= 0.6 is 11.8 Å². The van der Waals surface area contributed by atoms with Gasteiger partial charge in [-0.25, -0.2) is 0 Å². The summed E-state index contributed by atoms with van der Waals surface area (Å²) in [5, 5.41) is 10.6. The highest BCUT2D eigenvalue weighted by atomic mass is 32.2. The van der Waals surface area contributed by atoms with E-state index in [0.29, 0.717) is 5.57 Å². The predicted octanol–water partition coefficient (Wildman–Crippen LogP) is 4.57.